The van der Waals surface area contributed by atoms with Gasteiger partial charge in [-0.1, -0.05) is 6.92 Å². The molecule has 1 rings (SSSR count). The van der Waals surface area contributed by atoms with E-state index in [4.69, 9.17) is 5.73 Å². The number of nitrogens with zero attached hydrogens (tertiary/aromatic N) is 1. The number of hydrogen-bond acceptors (Lipinski definition) is 2. The first kappa shape index (κ1) is 9.01. The van der Waals surface area contributed by atoms with Gasteiger partial charge in [-0.25, -0.2) is 0 Å². The molecule has 0 unspecified atom stereocenters. The van der Waals surface area contributed by atoms with Crippen molar-refractivity contribution in [2.45, 2.75) is 39.3 Å². The van der Waals surface area contributed by atoms with Crippen LogP contribution in [0.3, 0.4) is 0 Å². The Morgan fingerprint density at radius 3 is 2.55 bits per heavy atom. The maximum Gasteiger partial charge on any atom is 0.0194 e. The van der Waals surface area contributed by atoms with E-state index in [2.05, 4.69) is 25.7 Å². The minimum atomic E-state index is 0.395. The van der Waals surface area contributed by atoms with Crippen LogP contribution in [-0.4, -0.2) is 30.1 Å². The fourth-order valence-electron chi connectivity index (χ4n) is 1.59. The largest absolute Gasteiger partial charge is 0.326 e. The molecular weight excluding hydrogens is 136 g/mol. The van der Waals surface area contributed by atoms with Gasteiger partial charge in [-0.3, -0.25) is 4.90 Å². The highest BCUT2D eigenvalue weighted by Crippen LogP contribution is 2.16. The first-order valence-corrected chi connectivity index (χ1v) is 4.61. The van der Waals surface area contributed by atoms with Gasteiger partial charge in [0.2, 0.25) is 0 Å². The molecule has 0 radical (unpaired) electrons. The van der Waals surface area contributed by atoms with Gasteiger partial charge in [0.05, 0.1) is 0 Å². The third-order valence-corrected chi connectivity index (χ3v) is 2.78. The predicted molar refractivity (Wildman–Crippen MR) is 48.5 cm³/mol. The standard InChI is InChI=1S/C9H20N2/c1-7(2)11-5-4-8(3)9(10)6-11/h7-9H,4-6,10H2,1-3H3/t8-,9+/m1/s1. The maximum absolute atomic E-state index is 5.96. The van der Waals surface area contributed by atoms with E-state index in [1.165, 1.54) is 13.0 Å². The summed E-state index contributed by atoms with van der Waals surface area (Å²) in [6.07, 6.45) is 1.26. The summed E-state index contributed by atoms with van der Waals surface area (Å²) in [6, 6.07) is 1.06. The minimum Gasteiger partial charge on any atom is -0.326 e. The van der Waals surface area contributed by atoms with E-state index in [0.717, 1.165) is 6.54 Å². The van der Waals surface area contributed by atoms with Crippen molar-refractivity contribution in [3.05, 3.63) is 0 Å². The van der Waals surface area contributed by atoms with Crippen LogP contribution in [0.15, 0.2) is 0 Å². The number of piperidine rings is 1. The molecule has 2 atom stereocenters. The van der Waals surface area contributed by atoms with Crippen LogP contribution >= 0.6 is 0 Å². The van der Waals surface area contributed by atoms with E-state index in [9.17, 15) is 0 Å². The van der Waals surface area contributed by atoms with Gasteiger partial charge < -0.3 is 5.73 Å². The molecule has 0 saturated carbocycles. The summed E-state index contributed by atoms with van der Waals surface area (Å²) >= 11 is 0. The fraction of sp³-hybridized carbons (Fsp3) is 1.00. The second kappa shape index (κ2) is 3.55. The fourth-order valence-corrected chi connectivity index (χ4v) is 1.59. The molecule has 11 heavy (non-hydrogen) atoms. The smallest absolute Gasteiger partial charge is 0.0194 e. The van der Waals surface area contributed by atoms with Crippen LogP contribution in [0.1, 0.15) is 27.2 Å². The van der Waals surface area contributed by atoms with Crippen molar-refractivity contribution in [2.75, 3.05) is 13.1 Å². The highest BCUT2D eigenvalue weighted by Gasteiger charge is 2.23. The normalized spacial score (nSPS) is 34.6. The highest BCUT2D eigenvalue weighted by molar-refractivity contribution is 4.81. The number of nitrogens with two attached hydrogens (primary N) is 1. The van der Waals surface area contributed by atoms with Crippen molar-refractivity contribution in [3.8, 4) is 0 Å². The Morgan fingerprint density at radius 2 is 2.09 bits per heavy atom. The third kappa shape index (κ3) is 2.17. The van der Waals surface area contributed by atoms with Crippen LogP contribution < -0.4 is 5.73 Å². The van der Waals surface area contributed by atoms with Crippen molar-refractivity contribution in [1.29, 1.82) is 0 Å². The Balaban J connectivity index is 2.40. The Kier molecular flexibility index (Phi) is 2.90. The van der Waals surface area contributed by atoms with E-state index >= 15 is 0 Å². The van der Waals surface area contributed by atoms with Crippen molar-refractivity contribution in [2.24, 2.45) is 11.7 Å². The van der Waals surface area contributed by atoms with Crippen LogP contribution in [0.2, 0.25) is 0 Å². The predicted octanol–water partition coefficient (Wildman–Crippen LogP) is 1.06. The molecule has 0 amide bonds. The molecule has 1 fully saturated rings. The lowest BCUT2D eigenvalue weighted by Crippen LogP contribution is -2.49. The van der Waals surface area contributed by atoms with Gasteiger partial charge in [0.25, 0.3) is 0 Å². The zero-order chi connectivity index (χ0) is 8.43. The minimum absolute atomic E-state index is 0.395. The zero-order valence-corrected chi connectivity index (χ0v) is 7.88. The molecule has 0 bridgehead atoms. The number of likely N-dealkylation sites (tertiary alicyclic amines) is 1. The average Bonchev–Trinajstić information content (AvgIpc) is 1.94. The molecule has 0 spiro atoms. The van der Waals surface area contributed by atoms with Crippen LogP contribution in [0.25, 0.3) is 0 Å². The zero-order valence-electron chi connectivity index (χ0n) is 7.88. The van der Waals surface area contributed by atoms with Gasteiger partial charge >= 0.3 is 0 Å². The van der Waals surface area contributed by atoms with Gasteiger partial charge in [0.15, 0.2) is 0 Å². The van der Waals surface area contributed by atoms with Gasteiger partial charge in [0.1, 0.15) is 0 Å². The van der Waals surface area contributed by atoms with Crippen LogP contribution in [-0.2, 0) is 0 Å². The van der Waals surface area contributed by atoms with Gasteiger partial charge in [-0.05, 0) is 32.7 Å². The second-order valence-corrected chi connectivity index (χ2v) is 4.02. The van der Waals surface area contributed by atoms with Crippen molar-refractivity contribution >= 4 is 0 Å². The first-order valence-electron chi connectivity index (χ1n) is 4.61. The first-order chi connectivity index (χ1) is 5.11. The lowest BCUT2D eigenvalue weighted by Gasteiger charge is -2.37. The van der Waals surface area contributed by atoms with E-state index in [1.54, 1.807) is 0 Å². The molecule has 2 nitrogen and oxygen atoms in total. The van der Waals surface area contributed by atoms with Crippen molar-refractivity contribution in [3.63, 3.8) is 0 Å². The summed E-state index contributed by atoms with van der Waals surface area (Å²) in [7, 11) is 0. The quantitative estimate of drug-likeness (QED) is 0.615. The molecule has 0 aromatic carbocycles. The van der Waals surface area contributed by atoms with E-state index in [1.807, 2.05) is 0 Å². The van der Waals surface area contributed by atoms with Gasteiger partial charge in [-0.15, -0.1) is 0 Å². The summed E-state index contributed by atoms with van der Waals surface area (Å²) in [5, 5.41) is 0. The molecule has 66 valence electrons. The molecule has 1 aliphatic heterocycles. The average molecular weight is 156 g/mol. The Bertz CT molecular complexity index is 123. The van der Waals surface area contributed by atoms with Gasteiger partial charge in [0, 0.05) is 18.6 Å². The molecule has 0 aromatic rings. The van der Waals surface area contributed by atoms with Crippen molar-refractivity contribution < 1.29 is 0 Å². The Labute approximate surface area is 69.8 Å². The summed E-state index contributed by atoms with van der Waals surface area (Å²) in [5.74, 6) is 0.713. The van der Waals surface area contributed by atoms with E-state index < -0.39 is 0 Å². The van der Waals surface area contributed by atoms with Crippen molar-refractivity contribution in [1.82, 2.24) is 4.90 Å². The SMILES string of the molecule is CC(C)N1CC[C@@H](C)[C@@H](N)C1. The molecule has 2 N–H and O–H groups in total. The van der Waals surface area contributed by atoms with E-state index in [-0.39, 0.29) is 0 Å². The second-order valence-electron chi connectivity index (χ2n) is 4.02. The Hall–Kier alpha value is -0.0800. The molecule has 0 aromatic heterocycles. The third-order valence-electron chi connectivity index (χ3n) is 2.78. The van der Waals surface area contributed by atoms with Gasteiger partial charge in [-0.2, -0.15) is 0 Å². The summed E-state index contributed by atoms with van der Waals surface area (Å²) in [6.45, 7) is 9.04. The summed E-state index contributed by atoms with van der Waals surface area (Å²) < 4.78 is 0. The molecular formula is C9H20N2. The van der Waals surface area contributed by atoms with Crippen LogP contribution in [0, 0.1) is 5.92 Å². The van der Waals surface area contributed by atoms with Crippen LogP contribution in [0.5, 0.6) is 0 Å². The molecule has 2 heteroatoms. The highest BCUT2D eigenvalue weighted by atomic mass is 15.2. The molecule has 1 saturated heterocycles. The molecule has 1 aliphatic rings. The molecule has 0 aliphatic carbocycles. The van der Waals surface area contributed by atoms with Crippen LogP contribution in [0.4, 0.5) is 0 Å². The Morgan fingerprint density at radius 1 is 1.45 bits per heavy atom. The lowest BCUT2D eigenvalue weighted by molar-refractivity contribution is 0.136. The topological polar surface area (TPSA) is 29.3 Å². The number of rotatable bonds is 1. The monoisotopic (exact) mass is 156 g/mol. The lowest BCUT2D eigenvalue weighted by atomic mass is 9.93. The molecule has 1 heterocycles. The number of hydrogen-bond donors (Lipinski definition) is 1. The maximum atomic E-state index is 5.96. The van der Waals surface area contributed by atoms with E-state index in [0.29, 0.717) is 18.0 Å². The summed E-state index contributed by atoms with van der Waals surface area (Å²) in [4.78, 5) is 2.46. The summed E-state index contributed by atoms with van der Waals surface area (Å²) in [5.41, 5.74) is 5.96.